The maximum absolute atomic E-state index is 12.9. The van der Waals surface area contributed by atoms with Crippen molar-refractivity contribution < 1.29 is 18.6 Å². The van der Waals surface area contributed by atoms with Crippen molar-refractivity contribution in [2.45, 2.75) is 18.7 Å². The van der Waals surface area contributed by atoms with Gasteiger partial charge in [0, 0.05) is 24.7 Å². The molecular formula is C19H20ClN3O4S. The summed E-state index contributed by atoms with van der Waals surface area (Å²) >= 11 is 6.26. The number of aromatic hydroxyl groups is 2. The van der Waals surface area contributed by atoms with Crippen molar-refractivity contribution >= 4 is 21.6 Å². The fourth-order valence-corrected chi connectivity index (χ4v) is 4.76. The van der Waals surface area contributed by atoms with Gasteiger partial charge in [-0.1, -0.05) is 37.6 Å². The Bertz CT molecular complexity index is 1110. The van der Waals surface area contributed by atoms with Crippen molar-refractivity contribution in [3.05, 3.63) is 53.7 Å². The fraction of sp³-hybridized carbons (Fsp3) is 0.211. The first kappa shape index (κ1) is 20.2. The first-order valence-corrected chi connectivity index (χ1v) is 10.5. The molecule has 7 nitrogen and oxygen atoms in total. The van der Waals surface area contributed by atoms with Crippen molar-refractivity contribution in [1.82, 2.24) is 14.1 Å². The fourth-order valence-electron chi connectivity index (χ4n) is 2.99. The zero-order valence-electron chi connectivity index (χ0n) is 15.4. The summed E-state index contributed by atoms with van der Waals surface area (Å²) in [6, 6.07) is 10.9. The van der Waals surface area contributed by atoms with Crippen LogP contribution in [0.15, 0.2) is 53.6 Å². The Morgan fingerprint density at radius 2 is 1.75 bits per heavy atom. The van der Waals surface area contributed by atoms with Crippen LogP contribution in [0.5, 0.6) is 11.5 Å². The number of para-hydroxylation sites is 1. The van der Waals surface area contributed by atoms with Crippen LogP contribution >= 0.6 is 11.6 Å². The second kappa shape index (κ2) is 7.83. The smallest absolute Gasteiger partial charge is 0.246 e. The number of aromatic nitrogens is 2. The van der Waals surface area contributed by atoms with Crippen molar-refractivity contribution in [2.24, 2.45) is 0 Å². The maximum Gasteiger partial charge on any atom is 0.246 e. The molecule has 0 bridgehead atoms. The van der Waals surface area contributed by atoms with Crippen molar-refractivity contribution in [2.75, 3.05) is 13.1 Å². The lowest BCUT2D eigenvalue weighted by Crippen LogP contribution is -2.30. The van der Waals surface area contributed by atoms with E-state index in [0.29, 0.717) is 16.4 Å². The zero-order valence-corrected chi connectivity index (χ0v) is 16.9. The molecule has 0 radical (unpaired) electrons. The molecule has 3 aromatic rings. The van der Waals surface area contributed by atoms with Crippen LogP contribution in [0.1, 0.15) is 13.8 Å². The van der Waals surface area contributed by atoms with Gasteiger partial charge in [-0.2, -0.15) is 9.40 Å². The quantitative estimate of drug-likeness (QED) is 0.633. The predicted octanol–water partition coefficient (Wildman–Crippen LogP) is 3.63. The molecule has 0 unspecified atom stereocenters. The molecule has 0 aliphatic heterocycles. The summed E-state index contributed by atoms with van der Waals surface area (Å²) in [5, 5.41) is 25.3. The van der Waals surface area contributed by atoms with Gasteiger partial charge in [-0.3, -0.25) is 0 Å². The third-order valence-electron chi connectivity index (χ3n) is 4.40. The van der Waals surface area contributed by atoms with Gasteiger partial charge in [0.05, 0.1) is 22.6 Å². The molecule has 2 aromatic carbocycles. The Balaban J connectivity index is 2.21. The Kier molecular flexibility index (Phi) is 5.64. The Morgan fingerprint density at radius 1 is 1.07 bits per heavy atom. The lowest BCUT2D eigenvalue weighted by Gasteiger charge is -2.20. The molecule has 9 heteroatoms. The van der Waals surface area contributed by atoms with E-state index in [0.717, 1.165) is 6.07 Å². The number of benzene rings is 2. The molecule has 0 spiro atoms. The predicted molar refractivity (Wildman–Crippen MR) is 107 cm³/mol. The second-order valence-corrected chi connectivity index (χ2v) is 8.32. The number of nitrogens with zero attached hydrogens (tertiary/aromatic N) is 3. The normalized spacial score (nSPS) is 11.9. The number of rotatable bonds is 6. The third-order valence-corrected chi connectivity index (χ3v) is 6.80. The van der Waals surface area contributed by atoms with Crippen LogP contribution in [-0.2, 0) is 10.0 Å². The van der Waals surface area contributed by atoms with Gasteiger partial charge in [0.15, 0.2) is 0 Å². The minimum Gasteiger partial charge on any atom is -0.507 e. The topological polar surface area (TPSA) is 95.7 Å². The van der Waals surface area contributed by atoms with E-state index in [9.17, 15) is 18.6 Å². The van der Waals surface area contributed by atoms with Crippen LogP contribution < -0.4 is 0 Å². The van der Waals surface area contributed by atoms with E-state index in [1.165, 1.54) is 21.3 Å². The third kappa shape index (κ3) is 3.46. The summed E-state index contributed by atoms with van der Waals surface area (Å²) in [5.41, 5.74) is 1.22. The first-order chi connectivity index (χ1) is 13.3. The van der Waals surface area contributed by atoms with E-state index in [1.54, 1.807) is 44.2 Å². The molecule has 148 valence electrons. The molecule has 0 aliphatic carbocycles. The standard InChI is InChI=1S/C19H20ClN3O4S/c1-3-22(4-2)28(26,27)19-11-13(17(24)12-18(19)25)15-9-10-21-23(15)16-8-6-5-7-14(16)20/h5-12,24-25H,3-4H2,1-2H3. The van der Waals surface area contributed by atoms with Gasteiger partial charge in [0.2, 0.25) is 10.0 Å². The zero-order chi connectivity index (χ0) is 20.5. The monoisotopic (exact) mass is 421 g/mol. The van der Waals surface area contributed by atoms with E-state index in [2.05, 4.69) is 5.10 Å². The Morgan fingerprint density at radius 3 is 2.39 bits per heavy atom. The molecule has 28 heavy (non-hydrogen) atoms. The number of phenolic OH excluding ortho intramolecular Hbond substituents is 2. The average molecular weight is 422 g/mol. The lowest BCUT2D eigenvalue weighted by atomic mass is 10.1. The highest BCUT2D eigenvalue weighted by Crippen LogP contribution is 2.39. The molecule has 0 saturated carbocycles. The summed E-state index contributed by atoms with van der Waals surface area (Å²) < 4.78 is 28.5. The summed E-state index contributed by atoms with van der Waals surface area (Å²) in [6.45, 7) is 3.94. The van der Waals surface area contributed by atoms with E-state index in [1.807, 2.05) is 0 Å². The minimum atomic E-state index is -3.93. The van der Waals surface area contributed by atoms with Crippen LogP contribution in [-0.4, -0.2) is 45.8 Å². The molecule has 1 aromatic heterocycles. The van der Waals surface area contributed by atoms with Gasteiger partial charge in [-0.05, 0) is 24.3 Å². The summed E-state index contributed by atoms with van der Waals surface area (Å²) in [4.78, 5) is -0.282. The van der Waals surface area contributed by atoms with Gasteiger partial charge in [0.1, 0.15) is 16.4 Å². The van der Waals surface area contributed by atoms with Crippen LogP contribution in [0, 0.1) is 0 Å². The molecule has 0 aliphatic rings. The van der Waals surface area contributed by atoms with Crippen LogP contribution in [0.3, 0.4) is 0 Å². The van der Waals surface area contributed by atoms with Crippen molar-refractivity contribution in [3.8, 4) is 28.4 Å². The van der Waals surface area contributed by atoms with Gasteiger partial charge in [0.25, 0.3) is 0 Å². The maximum atomic E-state index is 12.9. The Hall–Kier alpha value is -2.55. The first-order valence-electron chi connectivity index (χ1n) is 8.66. The van der Waals surface area contributed by atoms with E-state index in [-0.39, 0.29) is 29.3 Å². The summed E-state index contributed by atoms with van der Waals surface area (Å²) in [7, 11) is -3.93. The average Bonchev–Trinajstić information content (AvgIpc) is 3.12. The number of sulfonamides is 1. The van der Waals surface area contributed by atoms with Gasteiger partial charge >= 0.3 is 0 Å². The molecule has 0 saturated heterocycles. The molecule has 1 heterocycles. The Labute approximate surface area is 168 Å². The van der Waals surface area contributed by atoms with Gasteiger partial charge in [-0.15, -0.1) is 0 Å². The molecule has 0 amide bonds. The number of hydrogen-bond acceptors (Lipinski definition) is 5. The van der Waals surface area contributed by atoms with Crippen LogP contribution in [0.25, 0.3) is 16.9 Å². The molecule has 3 rings (SSSR count). The molecule has 0 atom stereocenters. The number of hydrogen-bond donors (Lipinski definition) is 2. The van der Waals surface area contributed by atoms with E-state index in [4.69, 9.17) is 11.6 Å². The SMILES string of the molecule is CCN(CC)S(=O)(=O)c1cc(-c2ccnn2-c2ccccc2Cl)c(O)cc1O. The largest absolute Gasteiger partial charge is 0.507 e. The van der Waals surface area contributed by atoms with Crippen LogP contribution in [0.2, 0.25) is 5.02 Å². The highest BCUT2D eigenvalue weighted by Gasteiger charge is 2.27. The lowest BCUT2D eigenvalue weighted by molar-refractivity contribution is 0.423. The second-order valence-electron chi connectivity index (χ2n) is 6.01. The summed E-state index contributed by atoms with van der Waals surface area (Å²) in [6.07, 6.45) is 1.52. The summed E-state index contributed by atoms with van der Waals surface area (Å²) in [5.74, 6) is -0.790. The molecule has 2 N–H and O–H groups in total. The highest BCUT2D eigenvalue weighted by molar-refractivity contribution is 7.89. The van der Waals surface area contributed by atoms with Gasteiger partial charge in [-0.25, -0.2) is 13.1 Å². The minimum absolute atomic E-state index is 0.209. The molecular weight excluding hydrogens is 402 g/mol. The van der Waals surface area contributed by atoms with Gasteiger partial charge < -0.3 is 10.2 Å². The van der Waals surface area contributed by atoms with Crippen molar-refractivity contribution in [3.63, 3.8) is 0 Å². The van der Waals surface area contributed by atoms with E-state index < -0.39 is 15.8 Å². The van der Waals surface area contributed by atoms with Crippen molar-refractivity contribution in [1.29, 1.82) is 0 Å². The molecule has 0 fully saturated rings. The number of phenols is 2. The van der Waals surface area contributed by atoms with E-state index >= 15 is 0 Å². The number of halogens is 1. The van der Waals surface area contributed by atoms with Crippen LogP contribution in [0.4, 0.5) is 0 Å². The highest BCUT2D eigenvalue weighted by atomic mass is 35.5.